The van der Waals surface area contributed by atoms with Crippen molar-refractivity contribution in [1.29, 1.82) is 0 Å². The van der Waals surface area contributed by atoms with Gasteiger partial charge < -0.3 is 0 Å². The van der Waals surface area contributed by atoms with E-state index < -0.39 is 11.7 Å². The van der Waals surface area contributed by atoms with E-state index in [2.05, 4.69) is 9.97 Å². The van der Waals surface area contributed by atoms with Gasteiger partial charge in [0.1, 0.15) is 0 Å². The van der Waals surface area contributed by atoms with Gasteiger partial charge in [0.2, 0.25) is 0 Å². The van der Waals surface area contributed by atoms with Crippen molar-refractivity contribution >= 4 is 29.1 Å². The fraction of sp³-hybridized carbons (Fsp3) is 0.167. The standard InChI is InChI=1S/C18H13ClF3N3OS/c1-11-2-4-12(5-3-11)15(26)10-27-17-23-6-7-25(17)16-14(19)8-13(9-24-16)18(20,21)22/h2-9H,10H2,1H3. The molecule has 0 fully saturated rings. The fourth-order valence-corrected chi connectivity index (χ4v) is 3.38. The first kappa shape index (κ1) is 19.4. The molecule has 0 bridgehead atoms. The second kappa shape index (κ2) is 7.74. The van der Waals surface area contributed by atoms with Gasteiger partial charge in [0.05, 0.1) is 16.3 Å². The Labute approximate surface area is 162 Å². The lowest BCUT2D eigenvalue weighted by Gasteiger charge is -2.11. The SMILES string of the molecule is Cc1ccc(C(=O)CSc2nccn2-c2ncc(C(F)(F)F)cc2Cl)cc1. The summed E-state index contributed by atoms with van der Waals surface area (Å²) in [7, 11) is 0. The molecule has 0 atom stereocenters. The molecule has 140 valence electrons. The molecule has 4 nitrogen and oxygen atoms in total. The first-order valence-corrected chi connectivity index (χ1v) is 9.11. The average molecular weight is 412 g/mol. The van der Waals surface area contributed by atoms with E-state index in [4.69, 9.17) is 11.6 Å². The third-order valence-electron chi connectivity index (χ3n) is 3.69. The third-order valence-corrected chi connectivity index (χ3v) is 4.93. The zero-order valence-corrected chi connectivity index (χ0v) is 15.6. The number of halogens is 4. The molecule has 0 unspecified atom stereocenters. The summed E-state index contributed by atoms with van der Waals surface area (Å²) < 4.78 is 39.7. The summed E-state index contributed by atoms with van der Waals surface area (Å²) in [6, 6.07) is 8.02. The van der Waals surface area contributed by atoms with Gasteiger partial charge in [0.15, 0.2) is 16.8 Å². The highest BCUT2D eigenvalue weighted by Crippen LogP contribution is 2.33. The van der Waals surface area contributed by atoms with Crippen LogP contribution in [0.4, 0.5) is 13.2 Å². The van der Waals surface area contributed by atoms with Gasteiger partial charge in [-0.25, -0.2) is 9.97 Å². The Kier molecular flexibility index (Phi) is 5.57. The summed E-state index contributed by atoms with van der Waals surface area (Å²) in [5.74, 6) is 0.159. The van der Waals surface area contributed by atoms with Gasteiger partial charge in [-0.1, -0.05) is 53.2 Å². The van der Waals surface area contributed by atoms with Crippen molar-refractivity contribution in [2.45, 2.75) is 18.3 Å². The van der Waals surface area contributed by atoms with Crippen molar-refractivity contribution in [3.05, 3.63) is 70.6 Å². The zero-order chi connectivity index (χ0) is 19.6. The maximum Gasteiger partial charge on any atom is 0.417 e. The number of thioether (sulfide) groups is 1. The van der Waals surface area contributed by atoms with Crippen LogP contribution in [0.15, 0.2) is 54.1 Å². The molecule has 0 spiro atoms. The molecule has 3 rings (SSSR count). The Morgan fingerprint density at radius 1 is 1.22 bits per heavy atom. The van der Waals surface area contributed by atoms with Gasteiger partial charge in [0, 0.05) is 24.2 Å². The van der Waals surface area contributed by atoms with Crippen molar-refractivity contribution < 1.29 is 18.0 Å². The largest absolute Gasteiger partial charge is 0.417 e. The number of Topliss-reactive ketones (excluding diaryl/α,β-unsaturated/α-hetero) is 1. The predicted molar refractivity (Wildman–Crippen MR) is 97.6 cm³/mol. The number of benzene rings is 1. The number of hydrogen-bond donors (Lipinski definition) is 0. The lowest BCUT2D eigenvalue weighted by Crippen LogP contribution is -2.08. The Hall–Kier alpha value is -2.32. The highest BCUT2D eigenvalue weighted by atomic mass is 35.5. The van der Waals surface area contributed by atoms with Crippen LogP contribution >= 0.6 is 23.4 Å². The maximum atomic E-state index is 12.8. The van der Waals surface area contributed by atoms with Crippen molar-refractivity contribution in [2.75, 3.05) is 5.75 Å². The topological polar surface area (TPSA) is 47.8 Å². The Bertz CT molecular complexity index is 971. The van der Waals surface area contributed by atoms with Crippen LogP contribution < -0.4 is 0 Å². The summed E-state index contributed by atoms with van der Waals surface area (Å²) in [6.07, 6.45) is -0.816. The second-order valence-corrected chi connectivity index (χ2v) is 7.03. The molecule has 2 aromatic heterocycles. The van der Waals surface area contributed by atoms with Crippen LogP contribution in [0.25, 0.3) is 5.82 Å². The van der Waals surface area contributed by atoms with E-state index in [9.17, 15) is 18.0 Å². The molecule has 3 aromatic rings. The number of hydrogen-bond acceptors (Lipinski definition) is 4. The Morgan fingerprint density at radius 3 is 2.56 bits per heavy atom. The molecule has 1 aromatic carbocycles. The van der Waals surface area contributed by atoms with Gasteiger partial charge in [-0.3, -0.25) is 9.36 Å². The van der Waals surface area contributed by atoms with E-state index in [1.807, 2.05) is 19.1 Å². The number of nitrogens with zero attached hydrogens (tertiary/aromatic N) is 3. The number of alkyl halides is 3. The average Bonchev–Trinajstić information content (AvgIpc) is 3.07. The molecular weight excluding hydrogens is 399 g/mol. The number of pyridine rings is 1. The lowest BCUT2D eigenvalue weighted by molar-refractivity contribution is -0.137. The van der Waals surface area contributed by atoms with Crippen LogP contribution in [0.2, 0.25) is 5.02 Å². The van der Waals surface area contributed by atoms with Gasteiger partial charge in [-0.05, 0) is 13.0 Å². The molecule has 2 heterocycles. The summed E-state index contributed by atoms with van der Waals surface area (Å²) in [6.45, 7) is 1.93. The molecule has 0 amide bonds. The minimum absolute atomic E-state index is 0.0824. The van der Waals surface area contributed by atoms with E-state index in [1.165, 1.54) is 17.0 Å². The summed E-state index contributed by atoms with van der Waals surface area (Å²) in [5, 5.41) is 0.249. The molecule has 0 radical (unpaired) electrons. The number of ketones is 1. The van der Waals surface area contributed by atoms with Gasteiger partial charge in [-0.15, -0.1) is 0 Å². The molecule has 0 aliphatic carbocycles. The van der Waals surface area contributed by atoms with E-state index >= 15 is 0 Å². The summed E-state index contributed by atoms with van der Waals surface area (Å²) in [4.78, 5) is 20.2. The van der Waals surface area contributed by atoms with Crippen molar-refractivity contribution in [2.24, 2.45) is 0 Å². The molecule has 0 N–H and O–H groups in total. The van der Waals surface area contributed by atoms with E-state index in [0.717, 1.165) is 23.4 Å². The first-order chi connectivity index (χ1) is 12.8. The Balaban J connectivity index is 1.78. The highest BCUT2D eigenvalue weighted by molar-refractivity contribution is 7.99. The number of aryl methyl sites for hydroxylation is 1. The number of carbonyl (C=O) groups is 1. The number of imidazole rings is 1. The maximum absolute atomic E-state index is 12.8. The number of rotatable bonds is 5. The Morgan fingerprint density at radius 2 is 1.93 bits per heavy atom. The van der Waals surface area contributed by atoms with Gasteiger partial charge in [0.25, 0.3) is 0 Å². The quantitative estimate of drug-likeness (QED) is 0.426. The number of aromatic nitrogens is 3. The third kappa shape index (κ3) is 4.51. The summed E-state index contributed by atoms with van der Waals surface area (Å²) in [5.41, 5.74) is 0.703. The molecule has 0 aliphatic heterocycles. The van der Waals surface area contributed by atoms with E-state index in [-0.39, 0.29) is 22.4 Å². The minimum Gasteiger partial charge on any atom is -0.293 e. The molecule has 27 heavy (non-hydrogen) atoms. The zero-order valence-electron chi connectivity index (χ0n) is 14.0. The lowest BCUT2D eigenvalue weighted by atomic mass is 10.1. The van der Waals surface area contributed by atoms with Crippen LogP contribution in [-0.2, 0) is 6.18 Å². The first-order valence-electron chi connectivity index (χ1n) is 7.75. The van der Waals surface area contributed by atoms with Crippen LogP contribution in [0.1, 0.15) is 21.5 Å². The van der Waals surface area contributed by atoms with Crippen LogP contribution in [-0.4, -0.2) is 26.1 Å². The normalized spacial score (nSPS) is 11.6. The molecule has 0 aliphatic rings. The van der Waals surface area contributed by atoms with Gasteiger partial charge in [-0.2, -0.15) is 13.2 Å². The molecule has 9 heteroatoms. The van der Waals surface area contributed by atoms with Gasteiger partial charge >= 0.3 is 6.18 Å². The van der Waals surface area contributed by atoms with Crippen LogP contribution in [0.3, 0.4) is 0 Å². The van der Waals surface area contributed by atoms with Crippen LogP contribution in [0.5, 0.6) is 0 Å². The molecule has 0 saturated heterocycles. The van der Waals surface area contributed by atoms with E-state index in [0.29, 0.717) is 16.9 Å². The highest BCUT2D eigenvalue weighted by Gasteiger charge is 2.31. The molecule has 0 saturated carbocycles. The van der Waals surface area contributed by atoms with Crippen molar-refractivity contribution in [1.82, 2.24) is 14.5 Å². The predicted octanol–water partition coefficient (Wildman–Crippen LogP) is 5.22. The van der Waals surface area contributed by atoms with Crippen molar-refractivity contribution in [3.8, 4) is 5.82 Å². The smallest absolute Gasteiger partial charge is 0.293 e. The number of carbonyl (C=O) groups excluding carboxylic acids is 1. The monoisotopic (exact) mass is 411 g/mol. The van der Waals surface area contributed by atoms with E-state index in [1.54, 1.807) is 12.1 Å². The summed E-state index contributed by atoms with van der Waals surface area (Å²) >= 11 is 7.14. The fourth-order valence-electron chi connectivity index (χ4n) is 2.27. The molecular formula is C18H13ClF3N3OS. The van der Waals surface area contributed by atoms with Crippen LogP contribution in [0, 0.1) is 6.92 Å². The minimum atomic E-state index is -4.53. The second-order valence-electron chi connectivity index (χ2n) is 5.68. The van der Waals surface area contributed by atoms with Crippen molar-refractivity contribution in [3.63, 3.8) is 0 Å².